The Morgan fingerprint density at radius 3 is 1.98 bits per heavy atom. The number of hydrogen-bond donors (Lipinski definition) is 1. The number of nitrogens with zero attached hydrogens (tertiary/aromatic N) is 1. The van der Waals surface area contributed by atoms with Crippen molar-refractivity contribution < 1.29 is 42.1 Å². The number of aliphatic hydroxyl groups excluding tert-OH is 1. The Morgan fingerprint density at radius 1 is 0.850 bits per heavy atom. The Balaban J connectivity index is 1.89. The van der Waals surface area contributed by atoms with E-state index in [2.05, 4.69) is 4.74 Å². The van der Waals surface area contributed by atoms with Crippen molar-refractivity contribution >= 4 is 23.1 Å². The third-order valence-corrected chi connectivity index (χ3v) is 6.51. The first-order valence-electron chi connectivity index (χ1n) is 12.2. The number of rotatable bonds is 6. The van der Waals surface area contributed by atoms with Crippen LogP contribution in [0.15, 0.2) is 72.3 Å². The van der Waals surface area contributed by atoms with E-state index in [0.29, 0.717) is 22.6 Å². The maximum atomic E-state index is 13.4. The zero-order chi connectivity index (χ0) is 29.4. The molecule has 1 aliphatic heterocycles. The molecule has 1 saturated heterocycles. The number of anilines is 1. The summed E-state index contributed by atoms with van der Waals surface area (Å²) in [7, 11) is 3.02. The number of aliphatic hydroxyl groups is 1. The number of methoxy groups -OCH3 is 2. The van der Waals surface area contributed by atoms with Crippen LogP contribution in [0.3, 0.4) is 0 Å². The number of amides is 1. The van der Waals surface area contributed by atoms with Gasteiger partial charge in [-0.05, 0) is 65.6 Å². The molecule has 0 spiro atoms. The lowest BCUT2D eigenvalue weighted by Gasteiger charge is -2.26. The van der Waals surface area contributed by atoms with Crippen LogP contribution in [0, 0.1) is 0 Å². The predicted octanol–water partition coefficient (Wildman–Crippen LogP) is 6.53. The van der Waals surface area contributed by atoms with Gasteiger partial charge >= 0.3 is 6.36 Å². The number of carbonyl (C=O) groups excluding carboxylic acids is 2. The second kappa shape index (κ2) is 10.6. The van der Waals surface area contributed by atoms with E-state index >= 15 is 0 Å². The van der Waals surface area contributed by atoms with Crippen molar-refractivity contribution in [1.29, 1.82) is 0 Å². The zero-order valence-electron chi connectivity index (χ0n) is 22.5. The first kappa shape index (κ1) is 28.5. The minimum absolute atomic E-state index is 0.140. The van der Waals surface area contributed by atoms with E-state index in [4.69, 9.17) is 9.47 Å². The zero-order valence-corrected chi connectivity index (χ0v) is 22.5. The first-order chi connectivity index (χ1) is 18.7. The molecule has 0 bridgehead atoms. The fourth-order valence-electron chi connectivity index (χ4n) is 4.61. The highest BCUT2D eigenvalue weighted by Gasteiger charge is 2.47. The lowest BCUT2D eigenvalue weighted by Crippen LogP contribution is -2.29. The van der Waals surface area contributed by atoms with Crippen molar-refractivity contribution in [3.63, 3.8) is 0 Å². The van der Waals surface area contributed by atoms with Gasteiger partial charge in [0.05, 0.1) is 25.8 Å². The largest absolute Gasteiger partial charge is 0.573 e. The molecule has 0 aliphatic carbocycles. The molecule has 1 amide bonds. The van der Waals surface area contributed by atoms with E-state index in [1.807, 2.05) is 20.8 Å². The summed E-state index contributed by atoms with van der Waals surface area (Å²) in [5.41, 5.74) is 1.15. The quantitative estimate of drug-likeness (QED) is 0.212. The number of carbonyl (C=O) groups is 2. The van der Waals surface area contributed by atoms with Crippen LogP contribution in [0.4, 0.5) is 18.9 Å². The summed E-state index contributed by atoms with van der Waals surface area (Å²) in [6, 6.07) is 15.0. The molecule has 40 heavy (non-hydrogen) atoms. The van der Waals surface area contributed by atoms with E-state index in [0.717, 1.165) is 22.6 Å². The van der Waals surface area contributed by atoms with Gasteiger partial charge < -0.3 is 19.3 Å². The number of hydrogen-bond acceptors (Lipinski definition) is 6. The molecule has 1 N–H and O–H groups in total. The summed E-state index contributed by atoms with van der Waals surface area (Å²) >= 11 is 0. The van der Waals surface area contributed by atoms with Crippen LogP contribution in [0.1, 0.15) is 43.5 Å². The maximum absolute atomic E-state index is 13.4. The normalized spacial score (nSPS) is 17.2. The molecule has 0 radical (unpaired) electrons. The van der Waals surface area contributed by atoms with E-state index in [-0.39, 0.29) is 16.7 Å². The number of Topliss-reactive ketones (excluding diaryl/α,β-unsaturated/α-hetero) is 1. The van der Waals surface area contributed by atoms with Crippen LogP contribution in [-0.4, -0.2) is 37.4 Å². The molecule has 1 atom stereocenters. The van der Waals surface area contributed by atoms with Crippen LogP contribution in [-0.2, 0) is 15.0 Å². The third-order valence-electron chi connectivity index (χ3n) is 6.51. The van der Waals surface area contributed by atoms with E-state index in [9.17, 15) is 27.9 Å². The average molecular weight is 556 g/mol. The van der Waals surface area contributed by atoms with Gasteiger partial charge in [0.1, 0.15) is 23.0 Å². The number of halogens is 3. The van der Waals surface area contributed by atoms with Crippen LogP contribution in [0.5, 0.6) is 17.2 Å². The smallest absolute Gasteiger partial charge is 0.507 e. The van der Waals surface area contributed by atoms with Crippen molar-refractivity contribution in [3.05, 3.63) is 89.0 Å². The summed E-state index contributed by atoms with van der Waals surface area (Å²) in [4.78, 5) is 28.0. The monoisotopic (exact) mass is 555 g/mol. The summed E-state index contributed by atoms with van der Waals surface area (Å²) < 4.78 is 52.6. The maximum Gasteiger partial charge on any atom is 0.573 e. The van der Waals surface area contributed by atoms with Gasteiger partial charge in [-0.3, -0.25) is 14.5 Å². The van der Waals surface area contributed by atoms with Gasteiger partial charge in [-0.25, -0.2) is 0 Å². The van der Waals surface area contributed by atoms with Gasteiger partial charge in [0.15, 0.2) is 0 Å². The molecule has 1 unspecified atom stereocenters. The second-order valence-electron chi connectivity index (χ2n) is 10.1. The summed E-state index contributed by atoms with van der Waals surface area (Å²) in [5.74, 6) is -1.65. The predicted molar refractivity (Wildman–Crippen MR) is 143 cm³/mol. The summed E-state index contributed by atoms with van der Waals surface area (Å²) in [5, 5.41) is 11.5. The molecule has 1 aliphatic rings. The van der Waals surface area contributed by atoms with Crippen LogP contribution in [0.2, 0.25) is 0 Å². The van der Waals surface area contributed by atoms with Crippen LogP contribution in [0.25, 0.3) is 5.76 Å². The van der Waals surface area contributed by atoms with Crippen molar-refractivity contribution in [2.24, 2.45) is 0 Å². The molecule has 3 aromatic rings. The molecular weight excluding hydrogens is 527 g/mol. The standard InChI is InChI=1S/C30H28F3NO6/c1-29(2,3)22-16-18(8-15-23(22)39-5)26(35)24-25(17-6-11-20(38-4)12-7-17)34(28(37)27(24)36)19-9-13-21(14-10-19)40-30(31,32)33/h6-16,25,35H,1-5H3/b26-24-. The van der Waals surface area contributed by atoms with Gasteiger partial charge in [0.2, 0.25) is 0 Å². The van der Waals surface area contributed by atoms with E-state index in [1.165, 1.54) is 26.4 Å². The number of benzene rings is 3. The van der Waals surface area contributed by atoms with Gasteiger partial charge in [0.25, 0.3) is 11.7 Å². The van der Waals surface area contributed by atoms with Gasteiger partial charge in [0, 0.05) is 16.8 Å². The van der Waals surface area contributed by atoms with E-state index in [1.54, 1.807) is 42.5 Å². The summed E-state index contributed by atoms with van der Waals surface area (Å²) in [6.45, 7) is 5.91. The van der Waals surface area contributed by atoms with Gasteiger partial charge in [-0.2, -0.15) is 0 Å². The number of ether oxygens (including phenoxy) is 3. The lowest BCUT2D eigenvalue weighted by atomic mass is 9.84. The first-order valence-corrected chi connectivity index (χ1v) is 12.2. The third kappa shape index (κ3) is 5.61. The number of ketones is 1. The minimum atomic E-state index is -4.89. The molecule has 7 nitrogen and oxygen atoms in total. The van der Waals surface area contributed by atoms with Crippen LogP contribution >= 0.6 is 0 Å². The fourth-order valence-corrected chi connectivity index (χ4v) is 4.61. The SMILES string of the molecule is COc1ccc(C2/C(=C(/O)c3ccc(OC)c(C(C)(C)C)c3)C(=O)C(=O)N2c2ccc(OC(F)(F)F)cc2)cc1. The molecule has 0 aromatic heterocycles. The second-order valence-corrected chi connectivity index (χ2v) is 10.1. The van der Waals surface area contributed by atoms with E-state index < -0.39 is 35.6 Å². The highest BCUT2D eigenvalue weighted by Crippen LogP contribution is 2.44. The Kier molecular flexibility index (Phi) is 7.56. The molecular formula is C30H28F3NO6. The van der Waals surface area contributed by atoms with Gasteiger partial charge in [-0.15, -0.1) is 13.2 Å². The Hall–Kier alpha value is -4.47. The van der Waals surface area contributed by atoms with Crippen molar-refractivity contribution in [2.45, 2.75) is 38.6 Å². The highest BCUT2D eigenvalue weighted by atomic mass is 19.4. The van der Waals surface area contributed by atoms with Gasteiger partial charge in [-0.1, -0.05) is 32.9 Å². The Bertz CT molecular complexity index is 1450. The molecule has 3 aromatic carbocycles. The number of alkyl halides is 3. The molecule has 10 heteroatoms. The topological polar surface area (TPSA) is 85.3 Å². The van der Waals surface area contributed by atoms with Crippen molar-refractivity contribution in [1.82, 2.24) is 0 Å². The average Bonchev–Trinajstić information content (AvgIpc) is 3.17. The van der Waals surface area contributed by atoms with Crippen LogP contribution < -0.4 is 19.1 Å². The summed E-state index contributed by atoms with van der Waals surface area (Å²) in [6.07, 6.45) is -4.89. The molecule has 210 valence electrons. The van der Waals surface area contributed by atoms with Crippen molar-refractivity contribution in [2.75, 3.05) is 19.1 Å². The molecule has 4 rings (SSSR count). The molecule has 0 saturated carbocycles. The lowest BCUT2D eigenvalue weighted by molar-refractivity contribution is -0.274. The fraction of sp³-hybridized carbons (Fsp3) is 0.267. The molecule has 1 heterocycles. The highest BCUT2D eigenvalue weighted by molar-refractivity contribution is 6.51. The Labute approximate surface area is 229 Å². The minimum Gasteiger partial charge on any atom is -0.507 e. The molecule has 1 fully saturated rings. The Morgan fingerprint density at radius 2 is 1.45 bits per heavy atom. The van der Waals surface area contributed by atoms with Crippen molar-refractivity contribution in [3.8, 4) is 17.2 Å².